The lowest BCUT2D eigenvalue weighted by Gasteiger charge is -2.37. The zero-order chi connectivity index (χ0) is 32.0. The summed E-state index contributed by atoms with van der Waals surface area (Å²) in [5, 5.41) is 45.8. The topological polar surface area (TPSA) is 172 Å². The van der Waals surface area contributed by atoms with E-state index in [0.717, 1.165) is 6.08 Å². The van der Waals surface area contributed by atoms with Crippen molar-refractivity contribution in [3.05, 3.63) is 99.3 Å². The van der Waals surface area contributed by atoms with Gasteiger partial charge < -0.3 is 30.1 Å². The molecule has 3 aliphatic rings. The third-order valence-electron chi connectivity index (χ3n) is 8.65. The van der Waals surface area contributed by atoms with E-state index >= 15 is 0 Å². The summed E-state index contributed by atoms with van der Waals surface area (Å²) in [6.45, 7) is 0. The number of aliphatic hydroxyl groups excluding tert-OH is 1. The molecule has 2 saturated heterocycles. The number of non-ortho nitro benzene ring substituents is 1. The average molecular weight is 632 g/mol. The Morgan fingerprint density at radius 2 is 1.80 bits per heavy atom. The first kappa shape index (κ1) is 30.0. The van der Waals surface area contributed by atoms with Gasteiger partial charge >= 0.3 is 0 Å². The molecule has 3 heterocycles. The lowest BCUT2D eigenvalue weighted by atomic mass is 9.70. The molecule has 0 radical (unpaired) electrons. The van der Waals surface area contributed by atoms with E-state index in [1.807, 2.05) is 4.90 Å². The van der Waals surface area contributed by atoms with Crippen LogP contribution in [-0.4, -0.2) is 68.7 Å². The van der Waals surface area contributed by atoms with Crippen molar-refractivity contribution < 1.29 is 39.3 Å². The number of nitrogens with one attached hydrogen (secondary N) is 1. The first-order chi connectivity index (χ1) is 21.6. The molecular weight excluding hydrogens is 602 g/mol. The van der Waals surface area contributed by atoms with Crippen molar-refractivity contribution in [1.82, 2.24) is 4.90 Å². The maximum absolute atomic E-state index is 14.2. The monoisotopic (exact) mass is 631 g/mol. The molecule has 1 amide bonds. The summed E-state index contributed by atoms with van der Waals surface area (Å²) in [6.07, 6.45) is 4.01. The minimum Gasteiger partial charge on any atom is -0.508 e. The number of thioether (sulfide) groups is 1. The number of benzene rings is 3. The molecule has 1 spiro atoms. The van der Waals surface area contributed by atoms with Gasteiger partial charge in [0.1, 0.15) is 11.3 Å². The third kappa shape index (κ3) is 4.84. The SMILES string of the molecule is COc1cc(C=CC(O)=CC(=O)C2C3CSCN3C3(C(=O)Nc4ccc([N+](=O)[O-])cc43)C2c2ccc(O)c(OC)c2)ccc1O. The van der Waals surface area contributed by atoms with E-state index in [-0.39, 0.29) is 34.4 Å². The number of carbonyl (C=O) groups is 2. The number of fused-ring (bicyclic) bond motifs is 4. The van der Waals surface area contributed by atoms with Gasteiger partial charge in [-0.2, -0.15) is 0 Å². The van der Waals surface area contributed by atoms with Crippen LogP contribution < -0.4 is 14.8 Å². The molecule has 4 atom stereocenters. The van der Waals surface area contributed by atoms with Crippen LogP contribution in [-0.2, 0) is 15.1 Å². The van der Waals surface area contributed by atoms with E-state index in [1.165, 1.54) is 62.4 Å². The Kier molecular flexibility index (Phi) is 7.67. The van der Waals surface area contributed by atoms with Gasteiger partial charge in [-0.3, -0.25) is 24.6 Å². The number of ketones is 1. The fourth-order valence-corrected chi connectivity index (χ4v) is 8.07. The van der Waals surface area contributed by atoms with Crippen molar-refractivity contribution in [2.75, 3.05) is 31.2 Å². The quantitative estimate of drug-likeness (QED) is 0.0894. The van der Waals surface area contributed by atoms with Crippen molar-refractivity contribution >= 4 is 40.9 Å². The first-order valence-corrected chi connectivity index (χ1v) is 15.1. The average Bonchev–Trinajstić information content (AvgIpc) is 3.69. The van der Waals surface area contributed by atoms with Crippen molar-refractivity contribution in [2.24, 2.45) is 5.92 Å². The van der Waals surface area contributed by atoms with E-state index < -0.39 is 40.0 Å². The summed E-state index contributed by atoms with van der Waals surface area (Å²) in [7, 11) is 2.80. The van der Waals surface area contributed by atoms with Crippen LogP contribution in [0.15, 0.2) is 72.5 Å². The maximum atomic E-state index is 14.2. The minimum absolute atomic E-state index is 0.0431. The number of rotatable bonds is 8. The molecule has 0 bridgehead atoms. The second kappa shape index (κ2) is 11.5. The Labute approximate surface area is 261 Å². The molecule has 2 fully saturated rings. The normalized spacial score (nSPS) is 24.1. The molecule has 0 aliphatic carbocycles. The van der Waals surface area contributed by atoms with E-state index in [9.17, 15) is 35.0 Å². The van der Waals surface area contributed by atoms with Gasteiger partial charge in [-0.05, 0) is 47.5 Å². The summed E-state index contributed by atoms with van der Waals surface area (Å²) in [5.74, 6) is -1.85. The number of hydrogen-bond donors (Lipinski definition) is 4. The van der Waals surface area contributed by atoms with Gasteiger partial charge in [0.25, 0.3) is 5.69 Å². The Morgan fingerprint density at radius 1 is 1.09 bits per heavy atom. The van der Waals surface area contributed by atoms with Gasteiger partial charge in [0.2, 0.25) is 5.91 Å². The van der Waals surface area contributed by atoms with Gasteiger partial charge in [0, 0.05) is 59.0 Å². The number of amides is 1. The van der Waals surface area contributed by atoms with Crippen molar-refractivity contribution in [2.45, 2.75) is 17.5 Å². The standard InChI is InChI=1S/C32H29N3O9S/c1-43-27-11-17(4-9-24(27)37)3-7-20(36)14-26(39)29-23-15-45-16-34(23)32(30(29)18-5-10-25(38)28(12-18)44-2)21-13-19(35(41)42)6-8-22(21)33-31(32)40/h3-14,23,29-30,36-38H,15-16H2,1-2H3,(H,33,40). The number of phenols is 2. The lowest BCUT2D eigenvalue weighted by Crippen LogP contribution is -2.50. The Hall–Kier alpha value is -5.01. The highest BCUT2D eigenvalue weighted by Gasteiger charge is 2.69. The van der Waals surface area contributed by atoms with Gasteiger partial charge in [-0.1, -0.05) is 18.2 Å². The van der Waals surface area contributed by atoms with Crippen LogP contribution in [0.25, 0.3) is 6.08 Å². The molecule has 0 saturated carbocycles. The van der Waals surface area contributed by atoms with E-state index in [1.54, 1.807) is 30.3 Å². The number of methoxy groups -OCH3 is 2. The summed E-state index contributed by atoms with van der Waals surface area (Å²) in [5.41, 5.74) is 0.214. The van der Waals surface area contributed by atoms with Crippen LogP contribution in [0.1, 0.15) is 22.6 Å². The second-order valence-corrected chi connectivity index (χ2v) is 11.9. The number of ether oxygens (including phenoxy) is 2. The van der Waals surface area contributed by atoms with Crippen LogP contribution in [0.4, 0.5) is 11.4 Å². The fourth-order valence-electron chi connectivity index (χ4n) is 6.74. The number of hydrogen-bond acceptors (Lipinski definition) is 11. The number of nitrogens with zero attached hydrogens (tertiary/aromatic N) is 2. The number of nitro benzene ring substituents is 1. The van der Waals surface area contributed by atoms with E-state index in [0.29, 0.717) is 34.0 Å². The first-order valence-electron chi connectivity index (χ1n) is 13.9. The Balaban J connectivity index is 1.48. The van der Waals surface area contributed by atoms with Crippen LogP contribution in [0.5, 0.6) is 23.0 Å². The van der Waals surface area contributed by atoms with Gasteiger partial charge in [0.15, 0.2) is 28.8 Å². The summed E-state index contributed by atoms with van der Waals surface area (Å²) >= 11 is 1.54. The number of allylic oxidation sites excluding steroid dienone is 2. The lowest BCUT2D eigenvalue weighted by molar-refractivity contribution is -0.384. The van der Waals surface area contributed by atoms with Crippen LogP contribution in [0.2, 0.25) is 0 Å². The van der Waals surface area contributed by atoms with Gasteiger partial charge in [-0.25, -0.2) is 0 Å². The Bertz CT molecular complexity index is 1790. The highest BCUT2D eigenvalue weighted by atomic mass is 32.2. The van der Waals surface area contributed by atoms with Crippen molar-refractivity contribution in [3.63, 3.8) is 0 Å². The third-order valence-corrected chi connectivity index (χ3v) is 9.68. The molecule has 13 heteroatoms. The van der Waals surface area contributed by atoms with E-state index in [4.69, 9.17) is 9.47 Å². The molecule has 4 N–H and O–H groups in total. The molecule has 4 unspecified atom stereocenters. The number of carbonyl (C=O) groups excluding carboxylic acids is 2. The molecule has 232 valence electrons. The molecule has 3 aromatic carbocycles. The fraction of sp³-hybridized carbons (Fsp3) is 0.250. The van der Waals surface area contributed by atoms with Crippen LogP contribution >= 0.6 is 11.8 Å². The number of aromatic hydroxyl groups is 2. The predicted octanol–water partition coefficient (Wildman–Crippen LogP) is 4.68. The van der Waals surface area contributed by atoms with Crippen molar-refractivity contribution in [3.8, 4) is 23.0 Å². The molecule has 3 aliphatic heterocycles. The molecule has 45 heavy (non-hydrogen) atoms. The largest absolute Gasteiger partial charge is 0.508 e. The minimum atomic E-state index is -1.50. The highest BCUT2D eigenvalue weighted by molar-refractivity contribution is 7.99. The molecule has 12 nitrogen and oxygen atoms in total. The number of aliphatic hydroxyl groups is 1. The molecule has 0 aromatic heterocycles. The highest BCUT2D eigenvalue weighted by Crippen LogP contribution is 2.62. The molecule has 3 aromatic rings. The zero-order valence-corrected chi connectivity index (χ0v) is 25.0. The smallest absolute Gasteiger partial charge is 0.269 e. The summed E-state index contributed by atoms with van der Waals surface area (Å²) < 4.78 is 10.5. The number of phenolic OH excluding ortho intramolecular Hbond substituents is 2. The maximum Gasteiger partial charge on any atom is 0.269 e. The number of nitro groups is 1. The molecule has 6 rings (SSSR count). The van der Waals surface area contributed by atoms with Crippen LogP contribution in [0, 0.1) is 16.0 Å². The zero-order valence-electron chi connectivity index (χ0n) is 24.2. The molecular formula is C32H29N3O9S. The van der Waals surface area contributed by atoms with Crippen molar-refractivity contribution in [1.29, 1.82) is 0 Å². The Morgan fingerprint density at radius 3 is 2.51 bits per heavy atom. The van der Waals surface area contributed by atoms with E-state index in [2.05, 4.69) is 5.32 Å². The summed E-state index contributed by atoms with van der Waals surface area (Å²) in [4.78, 5) is 41.6. The van der Waals surface area contributed by atoms with Crippen LogP contribution in [0.3, 0.4) is 0 Å². The second-order valence-electron chi connectivity index (χ2n) is 10.9. The van der Waals surface area contributed by atoms with Gasteiger partial charge in [0.05, 0.1) is 19.1 Å². The number of anilines is 1. The predicted molar refractivity (Wildman–Crippen MR) is 167 cm³/mol. The van der Waals surface area contributed by atoms with Gasteiger partial charge in [-0.15, -0.1) is 11.8 Å². The summed E-state index contributed by atoms with van der Waals surface area (Å²) in [6, 6.07) is 13.0.